The van der Waals surface area contributed by atoms with Crippen LogP contribution in [0.2, 0.25) is 0 Å². The summed E-state index contributed by atoms with van der Waals surface area (Å²) in [6.07, 6.45) is 1.84. The first-order chi connectivity index (χ1) is 5.79. The predicted molar refractivity (Wildman–Crippen MR) is 50.3 cm³/mol. The van der Waals surface area contributed by atoms with E-state index in [4.69, 9.17) is 0 Å². The van der Waals surface area contributed by atoms with Gasteiger partial charge in [0.2, 0.25) is 0 Å². The lowest BCUT2D eigenvalue weighted by Crippen LogP contribution is -2.08. The molecule has 2 rings (SSSR count). The topological polar surface area (TPSA) is 24.9 Å². The molecule has 1 unspecified atom stereocenters. The molecule has 2 nitrogen and oxygen atoms in total. The number of pyridine rings is 1. The van der Waals surface area contributed by atoms with Crippen LogP contribution in [0.25, 0.3) is 0 Å². The first-order valence-corrected chi connectivity index (χ1v) is 4.48. The molecule has 1 aromatic rings. The molecule has 0 amide bonds. The summed E-state index contributed by atoms with van der Waals surface area (Å²) < 4.78 is 0. The fourth-order valence-corrected chi connectivity index (χ4v) is 1.78. The van der Waals surface area contributed by atoms with Crippen LogP contribution < -0.4 is 5.32 Å². The van der Waals surface area contributed by atoms with Gasteiger partial charge in [-0.05, 0) is 17.5 Å². The standard InChI is InChI=1S/C10H14N2/c1-7(2)9-6-12-10-8(9)4-3-5-11-10/h3-5,7,9H,6H2,1-2H3,(H,11,12). The molecule has 0 saturated heterocycles. The van der Waals surface area contributed by atoms with Crippen molar-refractivity contribution in [3.8, 4) is 0 Å². The van der Waals surface area contributed by atoms with Crippen molar-refractivity contribution < 1.29 is 0 Å². The van der Waals surface area contributed by atoms with Crippen LogP contribution in [0.4, 0.5) is 5.82 Å². The van der Waals surface area contributed by atoms with E-state index in [1.54, 1.807) is 0 Å². The normalized spacial score (nSPS) is 20.8. The van der Waals surface area contributed by atoms with E-state index in [2.05, 4.69) is 30.2 Å². The van der Waals surface area contributed by atoms with Crippen LogP contribution in [-0.2, 0) is 0 Å². The first kappa shape index (κ1) is 7.59. The lowest BCUT2D eigenvalue weighted by atomic mass is 9.91. The Morgan fingerprint density at radius 3 is 3.17 bits per heavy atom. The first-order valence-electron chi connectivity index (χ1n) is 4.48. The summed E-state index contributed by atoms with van der Waals surface area (Å²) in [5.74, 6) is 2.42. The zero-order valence-corrected chi connectivity index (χ0v) is 7.54. The molecule has 0 aromatic carbocycles. The SMILES string of the molecule is CC(C)C1CNc2ncccc21. The number of rotatable bonds is 1. The molecule has 0 fully saturated rings. The molecule has 0 radical (unpaired) electrons. The van der Waals surface area contributed by atoms with E-state index in [1.165, 1.54) is 5.56 Å². The van der Waals surface area contributed by atoms with E-state index in [-0.39, 0.29) is 0 Å². The smallest absolute Gasteiger partial charge is 0.129 e. The van der Waals surface area contributed by atoms with Crippen LogP contribution in [0.15, 0.2) is 18.3 Å². The third-order valence-electron chi connectivity index (χ3n) is 2.53. The highest BCUT2D eigenvalue weighted by atomic mass is 15.0. The van der Waals surface area contributed by atoms with Gasteiger partial charge < -0.3 is 5.32 Å². The zero-order valence-electron chi connectivity index (χ0n) is 7.54. The maximum absolute atomic E-state index is 4.28. The predicted octanol–water partition coefficient (Wildman–Crippen LogP) is 2.25. The van der Waals surface area contributed by atoms with Crippen molar-refractivity contribution >= 4 is 5.82 Å². The molecule has 2 heteroatoms. The molecule has 1 atom stereocenters. The highest BCUT2D eigenvalue weighted by Crippen LogP contribution is 2.33. The highest BCUT2D eigenvalue weighted by molar-refractivity contribution is 5.51. The van der Waals surface area contributed by atoms with Crippen LogP contribution in [-0.4, -0.2) is 11.5 Å². The zero-order chi connectivity index (χ0) is 8.55. The van der Waals surface area contributed by atoms with Crippen LogP contribution in [0.1, 0.15) is 25.3 Å². The molecule has 12 heavy (non-hydrogen) atoms. The average molecular weight is 162 g/mol. The van der Waals surface area contributed by atoms with Crippen molar-refractivity contribution in [2.75, 3.05) is 11.9 Å². The quantitative estimate of drug-likeness (QED) is 0.685. The summed E-state index contributed by atoms with van der Waals surface area (Å²) in [6.45, 7) is 5.56. The second kappa shape index (κ2) is 2.77. The second-order valence-electron chi connectivity index (χ2n) is 3.67. The van der Waals surface area contributed by atoms with E-state index < -0.39 is 0 Å². The van der Waals surface area contributed by atoms with Gasteiger partial charge >= 0.3 is 0 Å². The van der Waals surface area contributed by atoms with Crippen LogP contribution in [0.3, 0.4) is 0 Å². The molecule has 1 N–H and O–H groups in total. The van der Waals surface area contributed by atoms with Crippen molar-refractivity contribution in [3.05, 3.63) is 23.9 Å². The minimum atomic E-state index is 0.647. The molecule has 0 spiro atoms. The molecule has 0 aliphatic carbocycles. The number of hydrogen-bond acceptors (Lipinski definition) is 2. The third-order valence-corrected chi connectivity index (χ3v) is 2.53. The Morgan fingerprint density at radius 2 is 2.42 bits per heavy atom. The lowest BCUT2D eigenvalue weighted by Gasteiger charge is -2.12. The molecule has 2 heterocycles. The average Bonchev–Trinajstić information content (AvgIpc) is 2.47. The van der Waals surface area contributed by atoms with Crippen molar-refractivity contribution in [2.24, 2.45) is 5.92 Å². The van der Waals surface area contributed by atoms with Crippen LogP contribution in [0, 0.1) is 5.92 Å². The van der Waals surface area contributed by atoms with Gasteiger partial charge in [-0.25, -0.2) is 4.98 Å². The third kappa shape index (κ3) is 1.07. The Bertz CT molecular complexity index is 281. The monoisotopic (exact) mass is 162 g/mol. The Balaban J connectivity index is 2.36. The van der Waals surface area contributed by atoms with Crippen molar-refractivity contribution in [2.45, 2.75) is 19.8 Å². The molecule has 0 saturated carbocycles. The summed E-state index contributed by atoms with van der Waals surface area (Å²) in [5, 5.41) is 3.32. The van der Waals surface area contributed by atoms with Gasteiger partial charge in [0.1, 0.15) is 5.82 Å². The number of fused-ring (bicyclic) bond motifs is 1. The molecule has 1 aromatic heterocycles. The van der Waals surface area contributed by atoms with Crippen molar-refractivity contribution in [3.63, 3.8) is 0 Å². The summed E-state index contributed by atoms with van der Waals surface area (Å²) in [7, 11) is 0. The van der Waals surface area contributed by atoms with Gasteiger partial charge in [0.15, 0.2) is 0 Å². The molecular weight excluding hydrogens is 148 g/mol. The molecular formula is C10H14N2. The van der Waals surface area contributed by atoms with Gasteiger partial charge in [-0.1, -0.05) is 19.9 Å². The van der Waals surface area contributed by atoms with Gasteiger partial charge in [0, 0.05) is 18.7 Å². The van der Waals surface area contributed by atoms with E-state index in [0.717, 1.165) is 12.4 Å². The molecule has 64 valence electrons. The van der Waals surface area contributed by atoms with Gasteiger partial charge in [-0.3, -0.25) is 0 Å². The number of nitrogens with one attached hydrogen (secondary N) is 1. The number of anilines is 1. The summed E-state index contributed by atoms with van der Waals surface area (Å²) >= 11 is 0. The minimum absolute atomic E-state index is 0.647. The van der Waals surface area contributed by atoms with E-state index in [0.29, 0.717) is 11.8 Å². The van der Waals surface area contributed by atoms with Crippen LogP contribution >= 0.6 is 0 Å². The number of hydrogen-bond donors (Lipinski definition) is 1. The van der Waals surface area contributed by atoms with Crippen molar-refractivity contribution in [1.29, 1.82) is 0 Å². The van der Waals surface area contributed by atoms with E-state index >= 15 is 0 Å². The van der Waals surface area contributed by atoms with E-state index in [1.807, 2.05) is 12.3 Å². The number of aromatic nitrogens is 1. The van der Waals surface area contributed by atoms with E-state index in [9.17, 15) is 0 Å². The van der Waals surface area contributed by atoms with Gasteiger partial charge in [-0.2, -0.15) is 0 Å². The summed E-state index contributed by atoms with van der Waals surface area (Å²) in [6, 6.07) is 4.19. The molecule has 0 bridgehead atoms. The summed E-state index contributed by atoms with van der Waals surface area (Å²) in [4.78, 5) is 4.28. The lowest BCUT2D eigenvalue weighted by molar-refractivity contribution is 0.533. The van der Waals surface area contributed by atoms with Crippen molar-refractivity contribution in [1.82, 2.24) is 4.98 Å². The fourth-order valence-electron chi connectivity index (χ4n) is 1.78. The maximum Gasteiger partial charge on any atom is 0.129 e. The second-order valence-corrected chi connectivity index (χ2v) is 3.67. The highest BCUT2D eigenvalue weighted by Gasteiger charge is 2.24. The Hall–Kier alpha value is -1.05. The van der Waals surface area contributed by atoms with Gasteiger partial charge in [0.05, 0.1) is 0 Å². The Morgan fingerprint density at radius 1 is 1.58 bits per heavy atom. The Kier molecular flexibility index (Phi) is 1.75. The maximum atomic E-state index is 4.28. The Labute approximate surface area is 73.0 Å². The van der Waals surface area contributed by atoms with Gasteiger partial charge in [-0.15, -0.1) is 0 Å². The number of nitrogens with zero attached hydrogens (tertiary/aromatic N) is 1. The largest absolute Gasteiger partial charge is 0.369 e. The molecule has 1 aliphatic heterocycles. The summed E-state index contributed by atoms with van der Waals surface area (Å²) in [5.41, 5.74) is 1.38. The minimum Gasteiger partial charge on any atom is -0.369 e. The van der Waals surface area contributed by atoms with Crippen LogP contribution in [0.5, 0.6) is 0 Å². The van der Waals surface area contributed by atoms with Gasteiger partial charge in [0.25, 0.3) is 0 Å². The fraction of sp³-hybridized carbons (Fsp3) is 0.500. The molecule has 1 aliphatic rings.